The van der Waals surface area contributed by atoms with Gasteiger partial charge in [0.2, 0.25) is 0 Å². The van der Waals surface area contributed by atoms with E-state index in [-0.39, 0.29) is 18.8 Å². The maximum absolute atomic E-state index is 12.1. The lowest BCUT2D eigenvalue weighted by molar-refractivity contribution is -0.146. The van der Waals surface area contributed by atoms with Crippen LogP contribution < -0.4 is 0 Å². The molecule has 0 aliphatic rings. The van der Waals surface area contributed by atoms with Gasteiger partial charge in [-0.2, -0.15) is 0 Å². The molecule has 0 fully saturated rings. The predicted molar refractivity (Wildman–Crippen MR) is 64.3 cm³/mol. The molecule has 0 aromatic heterocycles. The molecule has 0 saturated heterocycles. The fraction of sp³-hybridized carbons (Fsp3) is 0.286. The summed E-state index contributed by atoms with van der Waals surface area (Å²) in [6.45, 7) is 1.93. The van der Waals surface area contributed by atoms with Crippen molar-refractivity contribution < 1.29 is 14.3 Å². The standard InChI is InChI=1S/C14H14O3/c1-3-8-12(14(16)17-4-2)13(15)11-9-6-5-7-10-11/h1,5-7,9-10,12H,4,8H2,2H3/t12-/m0/s1. The highest BCUT2D eigenvalue weighted by molar-refractivity contribution is 6.08. The van der Waals surface area contributed by atoms with E-state index >= 15 is 0 Å². The van der Waals surface area contributed by atoms with Gasteiger partial charge in [0, 0.05) is 12.0 Å². The van der Waals surface area contributed by atoms with E-state index in [1.165, 1.54) is 0 Å². The molecular formula is C14H14O3. The average molecular weight is 230 g/mol. The van der Waals surface area contributed by atoms with E-state index < -0.39 is 11.9 Å². The highest BCUT2D eigenvalue weighted by atomic mass is 16.5. The van der Waals surface area contributed by atoms with Crippen LogP contribution in [-0.2, 0) is 9.53 Å². The molecule has 0 N–H and O–H groups in total. The van der Waals surface area contributed by atoms with Crippen molar-refractivity contribution in [2.75, 3.05) is 6.61 Å². The summed E-state index contributed by atoms with van der Waals surface area (Å²) >= 11 is 0. The van der Waals surface area contributed by atoms with E-state index in [0.717, 1.165) is 0 Å². The van der Waals surface area contributed by atoms with Gasteiger partial charge in [0.1, 0.15) is 5.92 Å². The van der Waals surface area contributed by atoms with E-state index in [9.17, 15) is 9.59 Å². The van der Waals surface area contributed by atoms with Gasteiger partial charge in [0.05, 0.1) is 6.61 Å². The van der Waals surface area contributed by atoms with Crippen molar-refractivity contribution in [3.63, 3.8) is 0 Å². The van der Waals surface area contributed by atoms with Crippen LogP contribution in [0, 0.1) is 18.3 Å². The monoisotopic (exact) mass is 230 g/mol. The minimum atomic E-state index is -0.901. The van der Waals surface area contributed by atoms with Crippen LogP contribution in [0.4, 0.5) is 0 Å². The number of benzene rings is 1. The second-order valence-corrected chi connectivity index (χ2v) is 3.44. The highest BCUT2D eigenvalue weighted by Crippen LogP contribution is 2.14. The number of carbonyl (C=O) groups excluding carboxylic acids is 2. The van der Waals surface area contributed by atoms with Gasteiger partial charge in [-0.1, -0.05) is 30.3 Å². The number of hydrogen-bond acceptors (Lipinski definition) is 3. The predicted octanol–water partition coefficient (Wildman–Crippen LogP) is 2.07. The number of esters is 1. The average Bonchev–Trinajstić information content (AvgIpc) is 2.36. The van der Waals surface area contributed by atoms with Crippen molar-refractivity contribution in [2.24, 2.45) is 5.92 Å². The molecule has 1 aromatic carbocycles. The number of hydrogen-bond donors (Lipinski definition) is 0. The van der Waals surface area contributed by atoms with Crippen molar-refractivity contribution in [1.82, 2.24) is 0 Å². The Bertz CT molecular complexity index is 429. The van der Waals surface area contributed by atoms with E-state index in [1.54, 1.807) is 37.3 Å². The van der Waals surface area contributed by atoms with Crippen LogP contribution in [0.25, 0.3) is 0 Å². The molecule has 0 heterocycles. The zero-order chi connectivity index (χ0) is 12.7. The first-order valence-electron chi connectivity index (χ1n) is 5.40. The van der Waals surface area contributed by atoms with Gasteiger partial charge in [-0.15, -0.1) is 12.3 Å². The minimum absolute atomic E-state index is 0.0621. The minimum Gasteiger partial charge on any atom is -0.465 e. The molecule has 0 amide bonds. The van der Waals surface area contributed by atoms with E-state index in [4.69, 9.17) is 11.2 Å². The summed E-state index contributed by atoms with van der Waals surface area (Å²) < 4.78 is 4.84. The van der Waals surface area contributed by atoms with Crippen molar-refractivity contribution in [3.8, 4) is 12.3 Å². The molecule has 0 aliphatic carbocycles. The third-order valence-corrected chi connectivity index (χ3v) is 2.27. The Hall–Kier alpha value is -2.08. The molecule has 0 bridgehead atoms. The molecular weight excluding hydrogens is 216 g/mol. The van der Waals surface area contributed by atoms with Gasteiger partial charge in [0.25, 0.3) is 0 Å². The maximum atomic E-state index is 12.1. The molecule has 1 rings (SSSR count). The summed E-state index contributed by atoms with van der Waals surface area (Å²) in [4.78, 5) is 23.7. The van der Waals surface area contributed by atoms with E-state index in [2.05, 4.69) is 5.92 Å². The normalized spacial score (nSPS) is 11.3. The summed E-state index contributed by atoms with van der Waals surface area (Å²) in [7, 11) is 0. The highest BCUT2D eigenvalue weighted by Gasteiger charge is 2.27. The molecule has 0 radical (unpaired) electrons. The Balaban J connectivity index is 2.89. The number of ketones is 1. The first-order valence-corrected chi connectivity index (χ1v) is 5.40. The van der Waals surface area contributed by atoms with E-state index in [0.29, 0.717) is 5.56 Å². The quantitative estimate of drug-likeness (QED) is 0.336. The zero-order valence-electron chi connectivity index (χ0n) is 9.68. The van der Waals surface area contributed by atoms with Gasteiger partial charge in [-0.25, -0.2) is 0 Å². The lowest BCUT2D eigenvalue weighted by atomic mass is 9.95. The first kappa shape index (κ1) is 13.0. The number of Topliss-reactive ketones (excluding diaryl/α,β-unsaturated/α-hetero) is 1. The van der Waals surface area contributed by atoms with Crippen molar-refractivity contribution in [2.45, 2.75) is 13.3 Å². The summed E-state index contributed by atoms with van der Waals surface area (Å²) in [5.41, 5.74) is 0.473. The molecule has 1 aromatic rings. The molecule has 3 heteroatoms. The third kappa shape index (κ3) is 3.46. The van der Waals surface area contributed by atoms with Crippen LogP contribution in [0.2, 0.25) is 0 Å². The fourth-order valence-corrected chi connectivity index (χ4v) is 1.45. The van der Waals surface area contributed by atoms with Gasteiger partial charge in [-0.05, 0) is 6.92 Å². The molecule has 0 aliphatic heterocycles. The van der Waals surface area contributed by atoms with Crippen LogP contribution in [0.3, 0.4) is 0 Å². The third-order valence-electron chi connectivity index (χ3n) is 2.27. The Morgan fingerprint density at radius 2 is 2.00 bits per heavy atom. The SMILES string of the molecule is C#CC[C@H](C(=O)OCC)C(=O)c1ccccc1. The summed E-state index contributed by atoms with van der Waals surface area (Å²) in [5.74, 6) is 0.589. The largest absolute Gasteiger partial charge is 0.465 e. The van der Waals surface area contributed by atoms with Gasteiger partial charge in [-0.3, -0.25) is 9.59 Å². The maximum Gasteiger partial charge on any atom is 0.317 e. The Labute approximate surface area is 101 Å². The van der Waals surface area contributed by atoms with Crippen LogP contribution in [0.5, 0.6) is 0 Å². The molecule has 88 valence electrons. The molecule has 17 heavy (non-hydrogen) atoms. The first-order chi connectivity index (χ1) is 8.20. The molecule has 0 spiro atoms. The van der Waals surface area contributed by atoms with Crippen LogP contribution in [0.1, 0.15) is 23.7 Å². The summed E-state index contributed by atoms with van der Waals surface area (Å²) in [6, 6.07) is 8.60. The number of carbonyl (C=O) groups is 2. The van der Waals surface area contributed by atoms with Gasteiger partial charge in [0.15, 0.2) is 5.78 Å². The Morgan fingerprint density at radius 3 is 2.53 bits per heavy atom. The Kier molecular flexibility index (Phi) is 4.96. The van der Waals surface area contributed by atoms with E-state index in [1.807, 2.05) is 0 Å². The van der Waals surface area contributed by atoms with Crippen LogP contribution >= 0.6 is 0 Å². The Morgan fingerprint density at radius 1 is 1.35 bits per heavy atom. The smallest absolute Gasteiger partial charge is 0.317 e. The van der Waals surface area contributed by atoms with Crippen molar-refractivity contribution >= 4 is 11.8 Å². The fourth-order valence-electron chi connectivity index (χ4n) is 1.45. The molecule has 0 saturated carbocycles. The van der Waals surface area contributed by atoms with Crippen molar-refractivity contribution in [1.29, 1.82) is 0 Å². The lowest BCUT2D eigenvalue weighted by Crippen LogP contribution is -2.26. The number of ether oxygens (including phenoxy) is 1. The number of terminal acetylenes is 1. The lowest BCUT2D eigenvalue weighted by Gasteiger charge is -2.11. The summed E-state index contributed by atoms with van der Waals surface area (Å²) in [6.07, 6.45) is 5.23. The van der Waals surface area contributed by atoms with Gasteiger partial charge < -0.3 is 4.74 Å². The second kappa shape index (κ2) is 6.49. The van der Waals surface area contributed by atoms with Crippen LogP contribution in [0.15, 0.2) is 30.3 Å². The van der Waals surface area contributed by atoms with Crippen LogP contribution in [-0.4, -0.2) is 18.4 Å². The van der Waals surface area contributed by atoms with Crippen molar-refractivity contribution in [3.05, 3.63) is 35.9 Å². The molecule has 3 nitrogen and oxygen atoms in total. The van der Waals surface area contributed by atoms with Gasteiger partial charge >= 0.3 is 5.97 Å². The topological polar surface area (TPSA) is 43.4 Å². The molecule has 1 atom stereocenters. The summed E-state index contributed by atoms with van der Waals surface area (Å²) in [5, 5.41) is 0. The zero-order valence-corrected chi connectivity index (χ0v) is 9.68. The number of rotatable bonds is 5. The second-order valence-electron chi connectivity index (χ2n) is 3.44. The molecule has 0 unspecified atom stereocenters.